The van der Waals surface area contributed by atoms with Crippen molar-refractivity contribution >= 4 is 51.7 Å². The third kappa shape index (κ3) is 6.48. The summed E-state index contributed by atoms with van der Waals surface area (Å²) >= 11 is 1.92. The molecule has 3 rings (SSSR count). The summed E-state index contributed by atoms with van der Waals surface area (Å²) in [6, 6.07) is 7.55. The van der Waals surface area contributed by atoms with Gasteiger partial charge in [-0.05, 0) is 11.1 Å². The first-order valence-electron chi connectivity index (χ1n) is 8.81. The molecule has 0 saturated carbocycles. The molecule has 2 aliphatic heterocycles. The standard InChI is InChI=1S/C17H26N4O3S2.HI/c18-17(20-7-11-25-12-8-20)19-13-15-3-1-2-4-16(15)14-26(22,23)21-5-9-24-10-6-21;/h1-4H,5-14H2,(H2,18,19);1H. The maximum Gasteiger partial charge on any atom is 0.218 e. The Balaban J connectivity index is 0.00000261. The van der Waals surface area contributed by atoms with E-state index in [1.54, 1.807) is 0 Å². The molecule has 2 saturated heterocycles. The Morgan fingerprint density at radius 1 is 1.11 bits per heavy atom. The van der Waals surface area contributed by atoms with Crippen molar-refractivity contribution in [3.05, 3.63) is 35.4 Å². The van der Waals surface area contributed by atoms with Crippen molar-refractivity contribution in [2.24, 2.45) is 10.7 Å². The molecule has 0 spiro atoms. The molecule has 1 aromatic rings. The number of benzene rings is 1. The van der Waals surface area contributed by atoms with Gasteiger partial charge in [0.1, 0.15) is 0 Å². The summed E-state index contributed by atoms with van der Waals surface area (Å²) in [7, 11) is -3.36. The second-order valence-corrected chi connectivity index (χ2v) is 9.50. The summed E-state index contributed by atoms with van der Waals surface area (Å²) in [4.78, 5) is 6.59. The highest BCUT2D eigenvalue weighted by Gasteiger charge is 2.25. The topological polar surface area (TPSA) is 88.2 Å². The minimum atomic E-state index is -3.36. The molecule has 7 nitrogen and oxygen atoms in total. The monoisotopic (exact) mass is 526 g/mol. The summed E-state index contributed by atoms with van der Waals surface area (Å²) in [5.41, 5.74) is 7.80. The molecule has 27 heavy (non-hydrogen) atoms. The molecule has 0 aliphatic carbocycles. The average Bonchev–Trinajstić information content (AvgIpc) is 2.68. The number of sulfonamides is 1. The predicted octanol–water partition coefficient (Wildman–Crippen LogP) is 1.33. The van der Waals surface area contributed by atoms with Crippen molar-refractivity contribution in [2.75, 3.05) is 50.9 Å². The smallest absolute Gasteiger partial charge is 0.218 e. The Morgan fingerprint density at radius 2 is 1.74 bits per heavy atom. The molecule has 2 N–H and O–H groups in total. The molecule has 0 unspecified atom stereocenters. The van der Waals surface area contributed by atoms with Crippen LogP contribution >= 0.6 is 35.7 Å². The van der Waals surface area contributed by atoms with Gasteiger partial charge in [-0.3, -0.25) is 0 Å². The number of hydrogen-bond acceptors (Lipinski definition) is 5. The molecular formula is C17H27IN4O3S2. The van der Waals surface area contributed by atoms with E-state index >= 15 is 0 Å². The number of rotatable bonds is 5. The summed E-state index contributed by atoms with van der Waals surface area (Å²) < 4.78 is 32.1. The van der Waals surface area contributed by atoms with E-state index in [1.807, 2.05) is 36.0 Å². The van der Waals surface area contributed by atoms with Gasteiger partial charge in [-0.2, -0.15) is 16.1 Å². The van der Waals surface area contributed by atoms with Crippen molar-refractivity contribution in [2.45, 2.75) is 12.3 Å². The fraction of sp³-hybridized carbons (Fsp3) is 0.588. The number of ether oxygens (including phenoxy) is 1. The number of nitrogens with two attached hydrogens (primary N) is 1. The first-order chi connectivity index (χ1) is 12.6. The van der Waals surface area contributed by atoms with Crippen LogP contribution in [0.2, 0.25) is 0 Å². The molecule has 0 aromatic heterocycles. The summed E-state index contributed by atoms with van der Waals surface area (Å²) in [6.07, 6.45) is 0. The largest absolute Gasteiger partial charge is 0.379 e. The second-order valence-electron chi connectivity index (χ2n) is 6.31. The van der Waals surface area contributed by atoms with Gasteiger partial charge in [-0.15, -0.1) is 24.0 Å². The quantitative estimate of drug-likeness (QED) is 0.354. The Bertz CT molecular complexity index is 733. The minimum absolute atomic E-state index is 0. The summed E-state index contributed by atoms with van der Waals surface area (Å²) in [5, 5.41) is 0. The lowest BCUT2D eigenvalue weighted by Crippen LogP contribution is -2.42. The summed E-state index contributed by atoms with van der Waals surface area (Å²) in [6.45, 7) is 3.96. The molecule has 0 atom stereocenters. The van der Waals surface area contributed by atoms with E-state index in [0.29, 0.717) is 38.8 Å². The van der Waals surface area contributed by atoms with E-state index in [9.17, 15) is 8.42 Å². The minimum Gasteiger partial charge on any atom is -0.379 e. The Labute approximate surface area is 182 Å². The van der Waals surface area contributed by atoms with Gasteiger partial charge in [0.15, 0.2) is 5.96 Å². The number of morpholine rings is 1. The normalized spacial score (nSPS) is 19.6. The van der Waals surface area contributed by atoms with E-state index in [-0.39, 0.29) is 29.7 Å². The van der Waals surface area contributed by atoms with Crippen LogP contribution < -0.4 is 5.73 Å². The van der Waals surface area contributed by atoms with Crippen LogP contribution in [0.25, 0.3) is 0 Å². The van der Waals surface area contributed by atoms with Gasteiger partial charge in [-0.25, -0.2) is 13.4 Å². The molecule has 152 valence electrons. The number of guanidine groups is 1. The molecule has 2 fully saturated rings. The van der Waals surface area contributed by atoms with Crippen LogP contribution in [0.1, 0.15) is 11.1 Å². The Morgan fingerprint density at radius 3 is 2.41 bits per heavy atom. The van der Waals surface area contributed by atoms with Gasteiger partial charge in [-0.1, -0.05) is 24.3 Å². The lowest BCUT2D eigenvalue weighted by molar-refractivity contribution is 0.0729. The first kappa shape index (κ1) is 22.7. The molecule has 2 heterocycles. The Hall–Kier alpha value is -0.560. The second kappa shape index (κ2) is 10.8. The number of nitrogens with zero attached hydrogens (tertiary/aromatic N) is 3. The zero-order valence-corrected chi connectivity index (χ0v) is 19.2. The van der Waals surface area contributed by atoms with Crippen LogP contribution in [0.5, 0.6) is 0 Å². The highest BCUT2D eigenvalue weighted by atomic mass is 127. The van der Waals surface area contributed by atoms with Crippen LogP contribution in [-0.4, -0.2) is 74.5 Å². The zero-order valence-electron chi connectivity index (χ0n) is 15.2. The van der Waals surface area contributed by atoms with Gasteiger partial charge in [0.25, 0.3) is 0 Å². The van der Waals surface area contributed by atoms with Gasteiger partial charge in [0, 0.05) is 37.7 Å². The maximum atomic E-state index is 12.7. The molecule has 0 amide bonds. The number of halogens is 1. The number of thioether (sulfide) groups is 1. The van der Waals surface area contributed by atoms with Crippen LogP contribution in [0, 0.1) is 0 Å². The van der Waals surface area contributed by atoms with Crippen molar-refractivity contribution in [1.82, 2.24) is 9.21 Å². The predicted molar refractivity (Wildman–Crippen MR) is 121 cm³/mol. The van der Waals surface area contributed by atoms with Crippen molar-refractivity contribution in [1.29, 1.82) is 0 Å². The van der Waals surface area contributed by atoms with Crippen molar-refractivity contribution < 1.29 is 13.2 Å². The highest BCUT2D eigenvalue weighted by molar-refractivity contribution is 14.0. The highest BCUT2D eigenvalue weighted by Crippen LogP contribution is 2.18. The van der Waals surface area contributed by atoms with E-state index in [4.69, 9.17) is 10.5 Å². The van der Waals surface area contributed by atoms with Crippen LogP contribution in [-0.2, 0) is 27.1 Å². The van der Waals surface area contributed by atoms with Crippen molar-refractivity contribution in [3.63, 3.8) is 0 Å². The van der Waals surface area contributed by atoms with Crippen LogP contribution in [0.3, 0.4) is 0 Å². The number of aliphatic imine (C=N–C) groups is 1. The van der Waals surface area contributed by atoms with E-state index in [2.05, 4.69) is 9.89 Å². The van der Waals surface area contributed by atoms with Gasteiger partial charge in [0.2, 0.25) is 10.0 Å². The molecule has 0 radical (unpaired) electrons. The lowest BCUT2D eigenvalue weighted by atomic mass is 10.1. The van der Waals surface area contributed by atoms with E-state index in [1.165, 1.54) is 4.31 Å². The molecule has 1 aromatic carbocycles. The van der Waals surface area contributed by atoms with Gasteiger partial charge in [0.05, 0.1) is 25.5 Å². The summed E-state index contributed by atoms with van der Waals surface area (Å²) in [5.74, 6) is 2.64. The maximum absolute atomic E-state index is 12.7. The van der Waals surface area contributed by atoms with E-state index < -0.39 is 10.0 Å². The Kier molecular flexibility index (Phi) is 9.12. The number of hydrogen-bond donors (Lipinski definition) is 1. The molecule has 0 bridgehead atoms. The zero-order chi connectivity index (χ0) is 18.4. The van der Waals surface area contributed by atoms with E-state index in [0.717, 1.165) is 35.7 Å². The molecule has 2 aliphatic rings. The molecule has 10 heteroatoms. The van der Waals surface area contributed by atoms with Crippen LogP contribution in [0.15, 0.2) is 29.3 Å². The SMILES string of the molecule is I.NC(=NCc1ccccc1CS(=O)(=O)N1CCOCC1)N1CCSCC1. The first-order valence-corrected chi connectivity index (χ1v) is 11.6. The molecular weight excluding hydrogens is 499 g/mol. The van der Waals surface area contributed by atoms with Gasteiger partial charge >= 0.3 is 0 Å². The third-order valence-electron chi connectivity index (χ3n) is 4.57. The van der Waals surface area contributed by atoms with Crippen molar-refractivity contribution in [3.8, 4) is 0 Å². The average molecular weight is 526 g/mol. The fourth-order valence-electron chi connectivity index (χ4n) is 3.02. The fourth-order valence-corrected chi connectivity index (χ4v) is 5.49. The van der Waals surface area contributed by atoms with Gasteiger partial charge < -0.3 is 15.4 Å². The van der Waals surface area contributed by atoms with Crippen LogP contribution in [0.4, 0.5) is 0 Å². The lowest BCUT2D eigenvalue weighted by Gasteiger charge is -2.27. The third-order valence-corrected chi connectivity index (χ3v) is 7.34.